The van der Waals surface area contributed by atoms with Crippen LogP contribution in [0, 0.1) is 5.82 Å². The molecule has 1 aromatic carbocycles. The molecule has 1 aromatic heterocycles. The topological polar surface area (TPSA) is 104 Å². The summed E-state index contributed by atoms with van der Waals surface area (Å²) in [5.74, 6) is -0.696. The maximum atomic E-state index is 13.8. The zero-order valence-corrected chi connectivity index (χ0v) is 21.8. The number of hydrogen-bond acceptors (Lipinski definition) is 9. The molecule has 0 radical (unpaired) electrons. The lowest BCUT2D eigenvalue weighted by molar-refractivity contribution is -0.136. The van der Waals surface area contributed by atoms with Gasteiger partial charge in [0.25, 0.3) is 0 Å². The number of aliphatic imine (C=N–C) groups is 1. The highest BCUT2D eigenvalue weighted by Gasteiger charge is 2.43. The van der Waals surface area contributed by atoms with Crippen molar-refractivity contribution in [3.63, 3.8) is 0 Å². The van der Waals surface area contributed by atoms with E-state index in [-0.39, 0.29) is 29.3 Å². The van der Waals surface area contributed by atoms with E-state index in [0.29, 0.717) is 28.6 Å². The van der Waals surface area contributed by atoms with E-state index in [0.717, 1.165) is 6.07 Å². The van der Waals surface area contributed by atoms with Crippen LogP contribution >= 0.6 is 22.9 Å². The Kier molecular flexibility index (Phi) is 7.57. The largest absolute Gasteiger partial charge is 0.466 e. The first-order valence-corrected chi connectivity index (χ1v) is 13.7. The molecule has 0 spiro atoms. The molecule has 35 heavy (non-hydrogen) atoms. The molecular formula is C22H25ClFN5O4S2. The van der Waals surface area contributed by atoms with E-state index in [9.17, 15) is 17.6 Å². The highest BCUT2D eigenvalue weighted by molar-refractivity contribution is 7.89. The standard InChI is InChI=1S/C22H25ClFN5O4S2/c1-28(2)7-9-35(31,32)27-14-11-17-18(22(30)33-3)19(15-5-4-13(24)10-16(15)23)26-20(29(17)12-14)21-25-6-8-34-21/h4-6,8,10,14,19,27H,7,9,11-12H2,1-3H3/t14-,19-/m0/s1. The van der Waals surface area contributed by atoms with Crippen molar-refractivity contribution in [2.75, 3.05) is 40.0 Å². The Morgan fingerprint density at radius 3 is 2.80 bits per heavy atom. The van der Waals surface area contributed by atoms with Crippen LogP contribution in [0.25, 0.3) is 0 Å². The van der Waals surface area contributed by atoms with Crippen molar-refractivity contribution < 1.29 is 22.3 Å². The number of amidine groups is 1. The Balaban J connectivity index is 1.78. The van der Waals surface area contributed by atoms with Gasteiger partial charge in [-0.25, -0.2) is 27.3 Å². The van der Waals surface area contributed by atoms with Crippen molar-refractivity contribution in [2.45, 2.75) is 18.5 Å². The van der Waals surface area contributed by atoms with Gasteiger partial charge in [-0.15, -0.1) is 11.3 Å². The van der Waals surface area contributed by atoms with E-state index < -0.39 is 33.9 Å². The van der Waals surface area contributed by atoms with Crippen LogP contribution in [0.1, 0.15) is 23.0 Å². The summed E-state index contributed by atoms with van der Waals surface area (Å²) in [6.07, 6.45) is 1.88. The number of esters is 1. The van der Waals surface area contributed by atoms with Gasteiger partial charge in [-0.05, 0) is 26.2 Å². The SMILES string of the molecule is COC(=O)C1=C2C[C@H](NS(=O)(=O)CCN(C)C)CN2C(c2nccs2)=N[C@H]1c1ccc(F)cc1Cl. The van der Waals surface area contributed by atoms with E-state index >= 15 is 0 Å². The molecule has 1 saturated heterocycles. The molecule has 1 N–H and O–H groups in total. The fraction of sp³-hybridized carbons (Fsp3) is 0.409. The zero-order chi connectivity index (χ0) is 25.3. The summed E-state index contributed by atoms with van der Waals surface area (Å²) in [6.45, 7) is 0.637. The molecule has 2 atom stereocenters. The highest BCUT2D eigenvalue weighted by atomic mass is 35.5. The Bertz CT molecular complexity index is 1280. The second-order valence-corrected chi connectivity index (χ2v) is 11.6. The number of thiazole rings is 1. The number of benzene rings is 1. The number of nitrogens with zero attached hydrogens (tertiary/aromatic N) is 4. The zero-order valence-electron chi connectivity index (χ0n) is 19.4. The van der Waals surface area contributed by atoms with Crippen molar-refractivity contribution in [1.82, 2.24) is 19.5 Å². The number of hydrogen-bond donors (Lipinski definition) is 1. The molecule has 0 aliphatic carbocycles. The number of methoxy groups -OCH3 is 1. The van der Waals surface area contributed by atoms with Gasteiger partial charge in [0, 0.05) is 53.4 Å². The van der Waals surface area contributed by atoms with Crippen molar-refractivity contribution >= 4 is 44.8 Å². The molecule has 0 saturated carbocycles. The normalized spacial score (nSPS) is 20.3. The smallest absolute Gasteiger partial charge is 0.338 e. The highest BCUT2D eigenvalue weighted by Crippen LogP contribution is 2.42. The monoisotopic (exact) mass is 541 g/mol. The third-order valence-corrected chi connectivity index (χ3v) is 8.21. The predicted octanol–water partition coefficient (Wildman–Crippen LogP) is 2.42. The summed E-state index contributed by atoms with van der Waals surface area (Å²) in [4.78, 5) is 25.8. The number of carbonyl (C=O) groups excluding carboxylic acids is 1. The number of ether oxygens (including phenoxy) is 1. The third kappa shape index (κ3) is 5.56. The van der Waals surface area contributed by atoms with E-state index in [1.807, 2.05) is 0 Å². The van der Waals surface area contributed by atoms with Crippen LogP contribution in [0.2, 0.25) is 5.02 Å². The molecule has 0 unspecified atom stereocenters. The summed E-state index contributed by atoms with van der Waals surface area (Å²) < 4.78 is 47.0. The average Bonchev–Trinajstić information content (AvgIpc) is 3.46. The minimum atomic E-state index is -3.57. The molecule has 0 amide bonds. The van der Waals surface area contributed by atoms with Gasteiger partial charge in [0.1, 0.15) is 11.9 Å². The van der Waals surface area contributed by atoms with Crippen LogP contribution in [-0.2, 0) is 19.6 Å². The Hall–Kier alpha value is -2.38. The Morgan fingerprint density at radius 1 is 1.40 bits per heavy atom. The van der Waals surface area contributed by atoms with Crippen LogP contribution in [0.15, 0.2) is 46.0 Å². The van der Waals surface area contributed by atoms with Gasteiger partial charge in [-0.1, -0.05) is 17.7 Å². The van der Waals surface area contributed by atoms with Crippen LogP contribution in [0.3, 0.4) is 0 Å². The van der Waals surface area contributed by atoms with Gasteiger partial charge in [-0.3, -0.25) is 4.99 Å². The lowest BCUT2D eigenvalue weighted by Gasteiger charge is -2.31. The summed E-state index contributed by atoms with van der Waals surface area (Å²) in [7, 11) is 1.30. The summed E-state index contributed by atoms with van der Waals surface area (Å²) in [6, 6.07) is 2.54. The first-order valence-electron chi connectivity index (χ1n) is 10.8. The maximum Gasteiger partial charge on any atom is 0.338 e. The fourth-order valence-electron chi connectivity index (χ4n) is 4.11. The molecule has 0 bridgehead atoms. The molecule has 1 fully saturated rings. The first-order chi connectivity index (χ1) is 16.6. The van der Waals surface area contributed by atoms with Crippen molar-refractivity contribution in [2.24, 2.45) is 4.99 Å². The molecule has 3 heterocycles. The molecule has 4 rings (SSSR count). The number of aromatic nitrogens is 1. The van der Waals surface area contributed by atoms with Crippen LogP contribution in [-0.4, -0.2) is 81.1 Å². The molecular weight excluding hydrogens is 517 g/mol. The third-order valence-electron chi connectivity index (χ3n) is 5.70. The number of carbonyl (C=O) groups is 1. The van der Waals surface area contributed by atoms with Gasteiger partial charge >= 0.3 is 5.97 Å². The van der Waals surface area contributed by atoms with Gasteiger partial charge in [-0.2, -0.15) is 0 Å². The van der Waals surface area contributed by atoms with Crippen molar-refractivity contribution in [3.8, 4) is 0 Å². The maximum absolute atomic E-state index is 13.8. The van der Waals surface area contributed by atoms with Crippen LogP contribution < -0.4 is 4.72 Å². The minimum absolute atomic E-state index is 0.0549. The summed E-state index contributed by atoms with van der Waals surface area (Å²) in [5.41, 5.74) is 1.24. The van der Waals surface area contributed by atoms with Gasteiger partial charge < -0.3 is 14.5 Å². The molecule has 13 heteroatoms. The lowest BCUT2D eigenvalue weighted by atomic mass is 9.94. The number of halogens is 2. The fourth-order valence-corrected chi connectivity index (χ4v) is 6.41. The van der Waals surface area contributed by atoms with Crippen molar-refractivity contribution in [1.29, 1.82) is 0 Å². The molecule has 2 aliphatic rings. The van der Waals surface area contributed by atoms with E-state index in [4.69, 9.17) is 21.3 Å². The Morgan fingerprint density at radius 2 is 2.17 bits per heavy atom. The number of fused-ring (bicyclic) bond motifs is 1. The number of sulfonamides is 1. The van der Waals surface area contributed by atoms with Gasteiger partial charge in [0.2, 0.25) is 10.0 Å². The molecule has 2 aliphatic heterocycles. The quantitative estimate of drug-likeness (QED) is 0.512. The van der Waals surface area contributed by atoms with Gasteiger partial charge in [0.05, 0.1) is 18.4 Å². The second kappa shape index (κ2) is 10.3. The molecule has 9 nitrogen and oxygen atoms in total. The first kappa shape index (κ1) is 25.7. The minimum Gasteiger partial charge on any atom is -0.466 e. The van der Waals surface area contributed by atoms with Crippen molar-refractivity contribution in [3.05, 3.63) is 62.5 Å². The average molecular weight is 542 g/mol. The summed E-state index contributed by atoms with van der Waals surface area (Å²) in [5, 5.41) is 2.52. The lowest BCUT2D eigenvalue weighted by Crippen LogP contribution is -2.41. The number of nitrogens with one attached hydrogen (secondary N) is 1. The van der Waals surface area contributed by atoms with Gasteiger partial charge in [0.15, 0.2) is 10.8 Å². The second-order valence-electron chi connectivity index (χ2n) is 8.46. The van der Waals surface area contributed by atoms with E-state index in [2.05, 4.69) is 9.71 Å². The predicted molar refractivity (Wildman–Crippen MR) is 132 cm³/mol. The Labute approximate surface area is 212 Å². The van der Waals surface area contributed by atoms with E-state index in [1.54, 1.807) is 35.5 Å². The van der Waals surface area contributed by atoms with Crippen LogP contribution in [0.5, 0.6) is 0 Å². The van der Waals surface area contributed by atoms with Crippen LogP contribution in [0.4, 0.5) is 4.39 Å². The molecule has 2 aromatic rings. The molecule has 188 valence electrons. The number of rotatable bonds is 8. The summed E-state index contributed by atoms with van der Waals surface area (Å²) >= 11 is 7.73. The van der Waals surface area contributed by atoms with E-state index in [1.165, 1.54) is 30.6 Å².